The first-order chi connectivity index (χ1) is 14.6. The predicted octanol–water partition coefficient (Wildman–Crippen LogP) is 4.42. The molecule has 5 nitrogen and oxygen atoms in total. The Hall–Kier alpha value is -2.60. The quantitative estimate of drug-likeness (QED) is 0.619. The monoisotopic (exact) mass is 465 g/mol. The zero-order chi connectivity index (χ0) is 20.8. The van der Waals surface area contributed by atoms with Gasteiger partial charge >= 0.3 is 0 Å². The Bertz CT molecular complexity index is 1140. The Balaban J connectivity index is 1.68. The van der Waals surface area contributed by atoms with E-state index < -0.39 is 6.04 Å². The van der Waals surface area contributed by atoms with E-state index in [9.17, 15) is 9.59 Å². The standard InChI is InChI=1S/C24H24BrN3O2/c1-2-3-12-27-14-21(29)28-20(24(27)30)13-17-15-8-5-7-11-19(15)26-22(17)23(28)16-9-4-6-10-18(16)25/h4-11,20,23,26H,2-3,12-14H2,1H3/t20-,23+/m0/s1. The summed E-state index contributed by atoms with van der Waals surface area (Å²) < 4.78 is 0.939. The number of nitrogens with zero attached hydrogens (tertiary/aromatic N) is 2. The molecule has 6 heteroatoms. The van der Waals surface area contributed by atoms with E-state index in [1.54, 1.807) is 4.90 Å². The number of aromatic amines is 1. The maximum atomic E-state index is 13.5. The van der Waals surface area contributed by atoms with Gasteiger partial charge in [-0.3, -0.25) is 9.59 Å². The molecule has 2 atom stereocenters. The highest BCUT2D eigenvalue weighted by atomic mass is 79.9. The molecule has 1 aromatic heterocycles. The van der Waals surface area contributed by atoms with Gasteiger partial charge in [-0.1, -0.05) is 65.7 Å². The Morgan fingerprint density at radius 2 is 1.87 bits per heavy atom. The largest absolute Gasteiger partial charge is 0.356 e. The molecule has 3 aromatic rings. The first-order valence-corrected chi connectivity index (χ1v) is 11.3. The van der Waals surface area contributed by atoms with Gasteiger partial charge in [-0.25, -0.2) is 0 Å². The fraction of sp³-hybridized carbons (Fsp3) is 0.333. The number of carbonyl (C=O) groups excluding carboxylic acids is 2. The highest BCUT2D eigenvalue weighted by molar-refractivity contribution is 9.10. The third kappa shape index (κ3) is 2.97. The van der Waals surface area contributed by atoms with Crippen LogP contribution in [0.1, 0.15) is 42.6 Å². The number of fused-ring (bicyclic) bond motifs is 4. The number of hydrogen-bond acceptors (Lipinski definition) is 2. The number of halogens is 1. The summed E-state index contributed by atoms with van der Waals surface area (Å²) in [5.41, 5.74) is 4.20. The smallest absolute Gasteiger partial charge is 0.246 e. The number of aromatic nitrogens is 1. The summed E-state index contributed by atoms with van der Waals surface area (Å²) in [7, 11) is 0. The highest BCUT2D eigenvalue weighted by Crippen LogP contribution is 2.44. The minimum Gasteiger partial charge on any atom is -0.356 e. The molecule has 0 saturated carbocycles. The molecule has 0 radical (unpaired) electrons. The lowest BCUT2D eigenvalue weighted by Crippen LogP contribution is -2.63. The minimum atomic E-state index is -0.466. The van der Waals surface area contributed by atoms with Crippen LogP contribution in [-0.2, 0) is 16.0 Å². The summed E-state index contributed by atoms with van der Waals surface area (Å²) in [6.07, 6.45) is 2.46. The zero-order valence-corrected chi connectivity index (χ0v) is 18.5. The summed E-state index contributed by atoms with van der Waals surface area (Å²) in [5, 5.41) is 1.13. The van der Waals surface area contributed by atoms with Crippen molar-refractivity contribution in [1.82, 2.24) is 14.8 Å². The number of nitrogens with one attached hydrogen (secondary N) is 1. The van der Waals surface area contributed by atoms with Crippen LogP contribution in [0.25, 0.3) is 10.9 Å². The summed E-state index contributed by atoms with van der Waals surface area (Å²) in [6.45, 7) is 2.90. The Morgan fingerprint density at radius 3 is 2.67 bits per heavy atom. The average Bonchev–Trinajstić information content (AvgIpc) is 3.13. The van der Waals surface area contributed by atoms with Crippen LogP contribution in [-0.4, -0.2) is 45.7 Å². The number of benzene rings is 2. The van der Waals surface area contributed by atoms with E-state index in [0.29, 0.717) is 13.0 Å². The minimum absolute atomic E-state index is 0.0146. The Labute approximate surface area is 184 Å². The topological polar surface area (TPSA) is 56.4 Å². The van der Waals surface area contributed by atoms with Crippen molar-refractivity contribution in [3.05, 3.63) is 69.8 Å². The van der Waals surface area contributed by atoms with E-state index in [1.807, 2.05) is 41.3 Å². The van der Waals surface area contributed by atoms with Crippen LogP contribution in [0.4, 0.5) is 0 Å². The molecule has 154 valence electrons. The van der Waals surface area contributed by atoms with E-state index in [1.165, 1.54) is 0 Å². The molecule has 30 heavy (non-hydrogen) atoms. The van der Waals surface area contributed by atoms with Gasteiger partial charge in [0, 0.05) is 34.0 Å². The number of carbonyl (C=O) groups is 2. The Morgan fingerprint density at radius 1 is 1.10 bits per heavy atom. The maximum absolute atomic E-state index is 13.5. The number of rotatable bonds is 4. The lowest BCUT2D eigenvalue weighted by molar-refractivity contribution is -0.158. The van der Waals surface area contributed by atoms with Crippen LogP contribution in [0.2, 0.25) is 0 Å². The van der Waals surface area contributed by atoms with Gasteiger partial charge in [-0.15, -0.1) is 0 Å². The van der Waals surface area contributed by atoms with E-state index in [4.69, 9.17) is 0 Å². The number of H-pyrrole nitrogens is 1. The fourth-order valence-corrected chi connectivity index (χ4v) is 5.38. The molecule has 3 heterocycles. The van der Waals surface area contributed by atoms with Crippen molar-refractivity contribution in [3.63, 3.8) is 0 Å². The van der Waals surface area contributed by atoms with Crippen LogP contribution in [0, 0.1) is 0 Å². The van der Waals surface area contributed by atoms with E-state index in [-0.39, 0.29) is 24.4 Å². The lowest BCUT2D eigenvalue weighted by Gasteiger charge is -2.47. The van der Waals surface area contributed by atoms with Crippen molar-refractivity contribution in [3.8, 4) is 0 Å². The van der Waals surface area contributed by atoms with E-state index in [0.717, 1.165) is 45.0 Å². The zero-order valence-electron chi connectivity index (χ0n) is 16.9. The summed E-state index contributed by atoms with van der Waals surface area (Å²) in [5.74, 6) is 0.0804. The molecular weight excluding hydrogens is 442 g/mol. The number of hydrogen-bond donors (Lipinski definition) is 1. The third-order valence-electron chi connectivity index (χ3n) is 6.32. The maximum Gasteiger partial charge on any atom is 0.246 e. The van der Waals surface area contributed by atoms with Crippen molar-refractivity contribution >= 4 is 38.6 Å². The van der Waals surface area contributed by atoms with Crippen LogP contribution in [0.15, 0.2) is 53.0 Å². The van der Waals surface area contributed by atoms with Crippen LogP contribution >= 0.6 is 15.9 Å². The molecule has 2 aliphatic rings. The van der Waals surface area contributed by atoms with Crippen molar-refractivity contribution in [2.45, 2.75) is 38.3 Å². The van der Waals surface area contributed by atoms with Gasteiger partial charge in [0.05, 0.1) is 12.6 Å². The van der Waals surface area contributed by atoms with E-state index >= 15 is 0 Å². The first-order valence-electron chi connectivity index (χ1n) is 10.5. The van der Waals surface area contributed by atoms with E-state index in [2.05, 4.69) is 40.0 Å². The lowest BCUT2D eigenvalue weighted by atomic mass is 9.86. The molecule has 1 saturated heterocycles. The Kier molecular flexibility index (Phi) is 4.89. The molecule has 2 aromatic carbocycles. The second kappa shape index (κ2) is 7.58. The molecule has 0 bridgehead atoms. The van der Waals surface area contributed by atoms with Gasteiger partial charge in [0.2, 0.25) is 11.8 Å². The SMILES string of the molecule is CCCCN1CC(=O)N2[C@H](c3ccccc3Br)c3[nH]c4ccccc4c3C[C@H]2C1=O. The van der Waals surface area contributed by atoms with Crippen molar-refractivity contribution in [2.24, 2.45) is 0 Å². The number of para-hydroxylation sites is 1. The second-order valence-corrected chi connectivity index (χ2v) is 8.98. The molecule has 0 spiro atoms. The van der Waals surface area contributed by atoms with Gasteiger partial charge in [0.1, 0.15) is 6.04 Å². The first kappa shape index (κ1) is 19.4. The van der Waals surface area contributed by atoms with Gasteiger partial charge in [-0.2, -0.15) is 0 Å². The molecule has 0 unspecified atom stereocenters. The van der Waals surface area contributed by atoms with Gasteiger partial charge in [0.15, 0.2) is 0 Å². The molecule has 1 fully saturated rings. The molecule has 1 N–H and O–H groups in total. The summed E-state index contributed by atoms with van der Waals surface area (Å²) in [4.78, 5) is 34.0. The van der Waals surface area contributed by atoms with Crippen LogP contribution < -0.4 is 0 Å². The van der Waals surface area contributed by atoms with Crippen molar-refractivity contribution in [1.29, 1.82) is 0 Å². The third-order valence-corrected chi connectivity index (χ3v) is 7.05. The van der Waals surface area contributed by atoms with Crippen LogP contribution in [0.3, 0.4) is 0 Å². The molecule has 2 amide bonds. The molecule has 0 aliphatic carbocycles. The normalized spacial score (nSPS) is 21.1. The predicted molar refractivity (Wildman–Crippen MR) is 120 cm³/mol. The molecule has 2 aliphatic heterocycles. The number of unbranched alkanes of at least 4 members (excludes halogenated alkanes) is 1. The average molecular weight is 466 g/mol. The highest BCUT2D eigenvalue weighted by Gasteiger charge is 2.48. The molecule has 5 rings (SSSR count). The van der Waals surface area contributed by atoms with Crippen LogP contribution in [0.5, 0.6) is 0 Å². The van der Waals surface area contributed by atoms with Gasteiger partial charge in [0.25, 0.3) is 0 Å². The summed E-state index contributed by atoms with van der Waals surface area (Å²) in [6, 6.07) is 15.4. The van der Waals surface area contributed by atoms with Gasteiger partial charge < -0.3 is 14.8 Å². The van der Waals surface area contributed by atoms with Crippen molar-refractivity contribution < 1.29 is 9.59 Å². The number of amides is 2. The van der Waals surface area contributed by atoms with Gasteiger partial charge in [-0.05, 0) is 29.7 Å². The fourth-order valence-electron chi connectivity index (χ4n) is 4.88. The number of piperazine rings is 1. The summed E-state index contributed by atoms with van der Waals surface area (Å²) >= 11 is 3.68. The van der Waals surface area contributed by atoms with Crippen molar-refractivity contribution in [2.75, 3.05) is 13.1 Å². The molecular formula is C24H24BrN3O2. The second-order valence-electron chi connectivity index (χ2n) is 8.12.